The van der Waals surface area contributed by atoms with Gasteiger partial charge in [-0.3, -0.25) is 4.79 Å². The van der Waals surface area contributed by atoms with Crippen molar-refractivity contribution in [3.8, 4) is 0 Å². The van der Waals surface area contributed by atoms with Crippen LogP contribution in [0.5, 0.6) is 0 Å². The maximum atomic E-state index is 11.3. The Balaban J connectivity index is 3.36. The number of carbonyl (C=O) groups excluding carboxylic acids is 1. The van der Waals surface area contributed by atoms with Gasteiger partial charge in [0.25, 0.3) is 0 Å². The van der Waals surface area contributed by atoms with Crippen LogP contribution < -0.4 is 5.32 Å². The Bertz CT molecular complexity index is 372. The predicted molar refractivity (Wildman–Crippen MR) is 109 cm³/mol. The molecule has 0 aliphatic rings. The summed E-state index contributed by atoms with van der Waals surface area (Å²) in [6.45, 7) is 2.62. The standard InChI is InChI=1S/C22H39NO2/c1-2-3-4-5-6-7-8-9-10-11-12-13-14-15-16-17-18-19-22(25)23-20-21-24/h9-10,12-13,15-16,24H,2-8,11,14,17-21H2,1H3,(H,23,25)/b10-9+,13-12-,16-15-. The maximum Gasteiger partial charge on any atom is 0.220 e. The van der Waals surface area contributed by atoms with Crippen molar-refractivity contribution < 1.29 is 9.90 Å². The van der Waals surface area contributed by atoms with E-state index in [0.29, 0.717) is 13.0 Å². The van der Waals surface area contributed by atoms with E-state index in [0.717, 1.165) is 25.7 Å². The molecule has 0 saturated heterocycles. The van der Waals surface area contributed by atoms with Crippen molar-refractivity contribution in [1.82, 2.24) is 5.32 Å². The fourth-order valence-corrected chi connectivity index (χ4v) is 2.48. The molecule has 0 fully saturated rings. The van der Waals surface area contributed by atoms with Crippen LogP contribution >= 0.6 is 0 Å². The summed E-state index contributed by atoms with van der Waals surface area (Å²) in [5.41, 5.74) is 0. The van der Waals surface area contributed by atoms with Gasteiger partial charge in [0.15, 0.2) is 0 Å². The lowest BCUT2D eigenvalue weighted by Gasteiger charge is -2.00. The minimum absolute atomic E-state index is 0.00616. The van der Waals surface area contributed by atoms with E-state index in [1.54, 1.807) is 0 Å². The molecule has 0 radical (unpaired) electrons. The summed E-state index contributed by atoms with van der Waals surface area (Å²) < 4.78 is 0. The average Bonchev–Trinajstić information content (AvgIpc) is 2.62. The third-order valence-corrected chi connectivity index (χ3v) is 3.98. The number of aliphatic hydroxyl groups excluding tert-OH is 1. The lowest BCUT2D eigenvalue weighted by molar-refractivity contribution is -0.121. The van der Waals surface area contributed by atoms with Gasteiger partial charge in [-0.1, -0.05) is 75.5 Å². The van der Waals surface area contributed by atoms with Crippen LogP contribution in [0.4, 0.5) is 0 Å². The highest BCUT2D eigenvalue weighted by atomic mass is 16.3. The second kappa shape index (κ2) is 20.7. The molecule has 0 rings (SSSR count). The second-order valence-corrected chi connectivity index (χ2v) is 6.41. The van der Waals surface area contributed by atoms with Crippen LogP contribution in [-0.4, -0.2) is 24.2 Å². The minimum atomic E-state index is 0.00616. The molecule has 0 heterocycles. The largest absolute Gasteiger partial charge is 0.395 e. The average molecular weight is 350 g/mol. The van der Waals surface area contributed by atoms with Crippen LogP contribution in [-0.2, 0) is 4.79 Å². The normalized spacial score (nSPS) is 11.9. The maximum absolute atomic E-state index is 11.3. The molecule has 3 nitrogen and oxygen atoms in total. The second-order valence-electron chi connectivity index (χ2n) is 6.41. The molecule has 0 aliphatic carbocycles. The van der Waals surface area contributed by atoms with Crippen LogP contribution in [0.2, 0.25) is 0 Å². The molecule has 144 valence electrons. The molecule has 25 heavy (non-hydrogen) atoms. The van der Waals surface area contributed by atoms with E-state index in [1.165, 1.54) is 44.9 Å². The highest BCUT2D eigenvalue weighted by Gasteiger charge is 1.97. The summed E-state index contributed by atoms with van der Waals surface area (Å²) in [6, 6.07) is 0. The van der Waals surface area contributed by atoms with Gasteiger partial charge >= 0.3 is 0 Å². The third-order valence-electron chi connectivity index (χ3n) is 3.98. The SMILES string of the molecule is CCCCCCCC/C=C/C/C=C\C/C=C\CCCC(=O)NCCO. The molecule has 3 heteroatoms. The van der Waals surface area contributed by atoms with Gasteiger partial charge in [-0.25, -0.2) is 0 Å². The topological polar surface area (TPSA) is 49.3 Å². The fraction of sp³-hybridized carbons (Fsp3) is 0.682. The van der Waals surface area contributed by atoms with Gasteiger partial charge in [0.2, 0.25) is 5.91 Å². The molecule has 0 spiro atoms. The highest BCUT2D eigenvalue weighted by molar-refractivity contribution is 5.75. The van der Waals surface area contributed by atoms with Crippen LogP contribution in [0.3, 0.4) is 0 Å². The monoisotopic (exact) mass is 349 g/mol. The van der Waals surface area contributed by atoms with Gasteiger partial charge in [-0.15, -0.1) is 0 Å². The van der Waals surface area contributed by atoms with Gasteiger partial charge in [-0.05, 0) is 38.5 Å². The molecule has 2 N–H and O–H groups in total. The molecule has 0 atom stereocenters. The van der Waals surface area contributed by atoms with Crippen molar-refractivity contribution in [2.45, 2.75) is 84.0 Å². The van der Waals surface area contributed by atoms with Crippen molar-refractivity contribution in [2.75, 3.05) is 13.2 Å². The van der Waals surface area contributed by atoms with E-state index in [-0.39, 0.29) is 12.5 Å². The van der Waals surface area contributed by atoms with Crippen LogP contribution in [0, 0.1) is 0 Å². The number of nitrogens with one attached hydrogen (secondary N) is 1. The molecule has 0 aromatic carbocycles. The molecule has 0 aliphatic heterocycles. The van der Waals surface area contributed by atoms with E-state index < -0.39 is 0 Å². The first-order valence-electron chi connectivity index (χ1n) is 10.1. The van der Waals surface area contributed by atoms with E-state index in [1.807, 2.05) is 0 Å². The number of aliphatic hydroxyl groups is 1. The first-order valence-corrected chi connectivity index (χ1v) is 10.1. The Labute approximate surface area is 155 Å². The number of amides is 1. The molecule has 0 saturated carbocycles. The lowest BCUT2D eigenvalue weighted by atomic mass is 10.1. The van der Waals surface area contributed by atoms with Gasteiger partial charge in [0.05, 0.1) is 6.61 Å². The number of unbranched alkanes of at least 4 members (excludes halogenated alkanes) is 7. The predicted octanol–water partition coefficient (Wildman–Crippen LogP) is 5.46. The number of rotatable bonds is 17. The molecule has 0 bridgehead atoms. The Kier molecular flexibility index (Phi) is 19.6. The van der Waals surface area contributed by atoms with Crippen molar-refractivity contribution in [3.63, 3.8) is 0 Å². The van der Waals surface area contributed by atoms with Crippen LogP contribution in [0.15, 0.2) is 36.5 Å². The van der Waals surface area contributed by atoms with Crippen molar-refractivity contribution in [3.05, 3.63) is 36.5 Å². The summed E-state index contributed by atoms with van der Waals surface area (Å²) in [5, 5.41) is 11.3. The van der Waals surface area contributed by atoms with E-state index in [9.17, 15) is 4.79 Å². The highest BCUT2D eigenvalue weighted by Crippen LogP contribution is 2.07. The summed E-state index contributed by atoms with van der Waals surface area (Å²) in [5.74, 6) is 0.0232. The molecule has 0 aromatic heterocycles. The van der Waals surface area contributed by atoms with Crippen LogP contribution in [0.1, 0.15) is 84.0 Å². The van der Waals surface area contributed by atoms with Crippen molar-refractivity contribution in [1.29, 1.82) is 0 Å². The Morgan fingerprint density at radius 1 is 0.800 bits per heavy atom. The zero-order valence-electron chi connectivity index (χ0n) is 16.2. The molecule has 1 amide bonds. The quantitative estimate of drug-likeness (QED) is 0.270. The van der Waals surface area contributed by atoms with E-state index in [4.69, 9.17) is 5.11 Å². The number of hydrogen-bond donors (Lipinski definition) is 2. The molecule has 0 unspecified atom stereocenters. The Hall–Kier alpha value is -1.35. The minimum Gasteiger partial charge on any atom is -0.395 e. The van der Waals surface area contributed by atoms with Gasteiger partial charge in [-0.2, -0.15) is 0 Å². The first kappa shape index (κ1) is 23.6. The summed E-state index contributed by atoms with van der Waals surface area (Å²) in [7, 11) is 0. The van der Waals surface area contributed by atoms with Gasteiger partial charge in [0, 0.05) is 13.0 Å². The van der Waals surface area contributed by atoms with E-state index in [2.05, 4.69) is 48.7 Å². The zero-order valence-corrected chi connectivity index (χ0v) is 16.2. The summed E-state index contributed by atoms with van der Waals surface area (Å²) >= 11 is 0. The summed E-state index contributed by atoms with van der Waals surface area (Å²) in [6.07, 6.45) is 27.0. The fourth-order valence-electron chi connectivity index (χ4n) is 2.48. The summed E-state index contributed by atoms with van der Waals surface area (Å²) in [4.78, 5) is 11.3. The zero-order chi connectivity index (χ0) is 18.4. The molecular formula is C22H39NO2. The van der Waals surface area contributed by atoms with E-state index >= 15 is 0 Å². The van der Waals surface area contributed by atoms with Gasteiger partial charge < -0.3 is 10.4 Å². The number of allylic oxidation sites excluding steroid dienone is 6. The molecule has 0 aromatic rings. The smallest absolute Gasteiger partial charge is 0.220 e. The third kappa shape index (κ3) is 20.6. The van der Waals surface area contributed by atoms with Gasteiger partial charge in [0.1, 0.15) is 0 Å². The van der Waals surface area contributed by atoms with Crippen LogP contribution in [0.25, 0.3) is 0 Å². The van der Waals surface area contributed by atoms with Crippen molar-refractivity contribution >= 4 is 5.91 Å². The first-order chi connectivity index (χ1) is 12.3. The molecular weight excluding hydrogens is 310 g/mol. The number of carbonyl (C=O) groups is 1. The van der Waals surface area contributed by atoms with Crippen molar-refractivity contribution in [2.24, 2.45) is 0 Å². The Morgan fingerprint density at radius 2 is 1.36 bits per heavy atom. The number of hydrogen-bond acceptors (Lipinski definition) is 2. The Morgan fingerprint density at radius 3 is 2.00 bits per heavy atom. The lowest BCUT2D eigenvalue weighted by Crippen LogP contribution is -2.25.